The van der Waals surface area contributed by atoms with Crippen LogP contribution in [0.25, 0.3) is 0 Å². The van der Waals surface area contributed by atoms with Crippen molar-refractivity contribution in [2.45, 2.75) is 38.7 Å². The molecule has 0 bridgehead atoms. The zero-order chi connectivity index (χ0) is 9.10. The fourth-order valence-electron chi connectivity index (χ4n) is 1.48. The van der Waals surface area contributed by atoms with E-state index in [2.05, 4.69) is 10.1 Å². The van der Waals surface area contributed by atoms with Crippen molar-refractivity contribution in [3.05, 3.63) is 11.7 Å². The fraction of sp³-hybridized carbons (Fsp3) is 0.778. The summed E-state index contributed by atoms with van der Waals surface area (Å²) in [6, 6.07) is 0. The van der Waals surface area contributed by atoms with Gasteiger partial charge in [-0.05, 0) is 19.3 Å². The Bertz CT molecular complexity index is 266. The second-order valence-corrected chi connectivity index (χ2v) is 3.26. The zero-order valence-corrected chi connectivity index (χ0v) is 7.82. The van der Waals surface area contributed by atoms with E-state index in [1.54, 1.807) is 0 Å². The predicted molar refractivity (Wildman–Crippen MR) is 46.2 cm³/mol. The van der Waals surface area contributed by atoms with Gasteiger partial charge in [-0.3, -0.25) is 0 Å². The molecule has 1 aliphatic rings. The first-order chi connectivity index (χ1) is 6.40. The van der Waals surface area contributed by atoms with E-state index in [0.29, 0.717) is 5.89 Å². The van der Waals surface area contributed by atoms with Crippen molar-refractivity contribution in [1.29, 1.82) is 0 Å². The van der Waals surface area contributed by atoms with E-state index >= 15 is 0 Å². The van der Waals surface area contributed by atoms with Crippen molar-refractivity contribution in [3.63, 3.8) is 0 Å². The van der Waals surface area contributed by atoms with E-state index in [9.17, 15) is 0 Å². The van der Waals surface area contributed by atoms with E-state index in [0.717, 1.165) is 31.7 Å². The second-order valence-electron chi connectivity index (χ2n) is 3.26. The maximum absolute atomic E-state index is 5.53. The summed E-state index contributed by atoms with van der Waals surface area (Å²) in [4.78, 5) is 4.25. The first-order valence-electron chi connectivity index (χ1n) is 4.84. The molecule has 1 saturated heterocycles. The molecular formula is C9H14N2O2. The molecule has 2 heterocycles. The fourth-order valence-corrected chi connectivity index (χ4v) is 1.48. The van der Waals surface area contributed by atoms with Gasteiger partial charge in [0.1, 0.15) is 6.10 Å². The normalized spacial score (nSPS) is 23.3. The Kier molecular flexibility index (Phi) is 2.59. The van der Waals surface area contributed by atoms with Gasteiger partial charge in [-0.2, -0.15) is 4.98 Å². The van der Waals surface area contributed by atoms with Crippen molar-refractivity contribution in [2.24, 2.45) is 0 Å². The van der Waals surface area contributed by atoms with Crippen molar-refractivity contribution in [3.8, 4) is 0 Å². The van der Waals surface area contributed by atoms with Crippen LogP contribution in [0.1, 0.15) is 44.0 Å². The Morgan fingerprint density at radius 2 is 2.38 bits per heavy atom. The Balaban J connectivity index is 2.05. The highest BCUT2D eigenvalue weighted by molar-refractivity contribution is 4.90. The zero-order valence-electron chi connectivity index (χ0n) is 7.82. The summed E-state index contributed by atoms with van der Waals surface area (Å²) in [5.41, 5.74) is 0. The molecule has 0 aromatic carbocycles. The predicted octanol–water partition coefficient (Wildman–Crippen LogP) is 1.87. The van der Waals surface area contributed by atoms with Gasteiger partial charge in [0.25, 0.3) is 5.89 Å². The summed E-state index contributed by atoms with van der Waals surface area (Å²) in [6.45, 7) is 2.82. The lowest BCUT2D eigenvalue weighted by molar-refractivity contribution is -0.00459. The number of ether oxygens (including phenoxy) is 1. The molecule has 0 saturated carbocycles. The third kappa shape index (κ3) is 1.88. The van der Waals surface area contributed by atoms with Crippen LogP contribution in [0, 0.1) is 0 Å². The first-order valence-corrected chi connectivity index (χ1v) is 4.84. The molecule has 2 rings (SSSR count). The molecule has 13 heavy (non-hydrogen) atoms. The molecule has 4 heteroatoms. The highest BCUT2D eigenvalue weighted by atomic mass is 16.5. The molecule has 0 N–H and O–H groups in total. The average Bonchev–Trinajstić information content (AvgIpc) is 2.67. The minimum Gasteiger partial charge on any atom is -0.368 e. The van der Waals surface area contributed by atoms with Gasteiger partial charge in [0, 0.05) is 13.0 Å². The Morgan fingerprint density at radius 3 is 3.00 bits per heavy atom. The third-order valence-electron chi connectivity index (χ3n) is 2.26. The van der Waals surface area contributed by atoms with Gasteiger partial charge in [-0.15, -0.1) is 0 Å². The van der Waals surface area contributed by atoms with Crippen LogP contribution in [-0.4, -0.2) is 16.7 Å². The lowest BCUT2D eigenvalue weighted by Gasteiger charge is -2.18. The molecule has 0 radical (unpaired) electrons. The van der Waals surface area contributed by atoms with E-state index < -0.39 is 0 Å². The summed E-state index contributed by atoms with van der Waals surface area (Å²) in [5.74, 6) is 1.42. The van der Waals surface area contributed by atoms with Crippen LogP contribution in [0.3, 0.4) is 0 Å². The van der Waals surface area contributed by atoms with E-state index in [4.69, 9.17) is 9.26 Å². The van der Waals surface area contributed by atoms with Gasteiger partial charge < -0.3 is 9.26 Å². The largest absolute Gasteiger partial charge is 0.368 e. The number of hydrogen-bond acceptors (Lipinski definition) is 4. The molecule has 4 nitrogen and oxygen atoms in total. The monoisotopic (exact) mass is 182 g/mol. The van der Waals surface area contributed by atoms with Crippen molar-refractivity contribution >= 4 is 0 Å². The number of rotatable bonds is 2. The summed E-state index contributed by atoms with van der Waals surface area (Å²) >= 11 is 0. The molecule has 1 fully saturated rings. The van der Waals surface area contributed by atoms with Gasteiger partial charge in [-0.25, -0.2) is 0 Å². The van der Waals surface area contributed by atoms with Crippen molar-refractivity contribution in [2.75, 3.05) is 6.61 Å². The van der Waals surface area contributed by atoms with Gasteiger partial charge in [0.15, 0.2) is 5.82 Å². The van der Waals surface area contributed by atoms with E-state index in [-0.39, 0.29) is 6.10 Å². The van der Waals surface area contributed by atoms with Gasteiger partial charge in [-0.1, -0.05) is 12.1 Å². The molecule has 1 unspecified atom stereocenters. The minimum atomic E-state index is 0.0431. The van der Waals surface area contributed by atoms with Crippen LogP contribution in [-0.2, 0) is 11.2 Å². The van der Waals surface area contributed by atoms with Crippen LogP contribution in [0.5, 0.6) is 0 Å². The van der Waals surface area contributed by atoms with Crippen LogP contribution in [0.15, 0.2) is 4.52 Å². The second kappa shape index (κ2) is 3.87. The quantitative estimate of drug-likeness (QED) is 0.700. The Morgan fingerprint density at radius 1 is 1.46 bits per heavy atom. The topological polar surface area (TPSA) is 48.2 Å². The van der Waals surface area contributed by atoms with Crippen LogP contribution < -0.4 is 0 Å². The highest BCUT2D eigenvalue weighted by Gasteiger charge is 2.21. The van der Waals surface area contributed by atoms with E-state index in [1.165, 1.54) is 6.42 Å². The van der Waals surface area contributed by atoms with E-state index in [1.807, 2.05) is 6.92 Å². The molecule has 0 spiro atoms. The van der Waals surface area contributed by atoms with Crippen molar-refractivity contribution in [1.82, 2.24) is 10.1 Å². The number of aromatic nitrogens is 2. The molecule has 1 aromatic heterocycles. The maximum atomic E-state index is 5.53. The molecule has 72 valence electrons. The maximum Gasteiger partial charge on any atom is 0.255 e. The average molecular weight is 182 g/mol. The van der Waals surface area contributed by atoms with Gasteiger partial charge in [0.2, 0.25) is 0 Å². The lowest BCUT2D eigenvalue weighted by Crippen LogP contribution is -2.11. The van der Waals surface area contributed by atoms with Gasteiger partial charge in [0.05, 0.1) is 0 Å². The van der Waals surface area contributed by atoms with Crippen LogP contribution in [0.2, 0.25) is 0 Å². The summed E-state index contributed by atoms with van der Waals surface area (Å²) < 4.78 is 10.6. The third-order valence-corrected chi connectivity index (χ3v) is 2.26. The SMILES string of the molecule is CCc1noc(C2CCCCO2)n1. The minimum absolute atomic E-state index is 0.0431. The molecule has 0 aliphatic carbocycles. The number of aryl methyl sites for hydroxylation is 1. The first kappa shape index (κ1) is 8.69. The van der Waals surface area contributed by atoms with Crippen LogP contribution in [0.4, 0.5) is 0 Å². The molecule has 1 atom stereocenters. The molecular weight excluding hydrogens is 168 g/mol. The van der Waals surface area contributed by atoms with Gasteiger partial charge >= 0.3 is 0 Å². The summed E-state index contributed by atoms with van der Waals surface area (Å²) in [6.07, 6.45) is 4.20. The molecule has 0 amide bonds. The molecule has 1 aliphatic heterocycles. The lowest BCUT2D eigenvalue weighted by atomic mass is 10.1. The number of nitrogens with zero attached hydrogens (tertiary/aromatic N) is 2. The summed E-state index contributed by atoms with van der Waals surface area (Å²) in [5, 5.41) is 3.84. The Labute approximate surface area is 77.3 Å². The van der Waals surface area contributed by atoms with Crippen LogP contribution >= 0.6 is 0 Å². The number of hydrogen-bond donors (Lipinski definition) is 0. The summed E-state index contributed by atoms with van der Waals surface area (Å²) in [7, 11) is 0. The van der Waals surface area contributed by atoms with Crippen molar-refractivity contribution < 1.29 is 9.26 Å². The standard InChI is InChI=1S/C9H14N2O2/c1-2-8-10-9(13-11-8)7-5-3-4-6-12-7/h7H,2-6H2,1H3. The smallest absolute Gasteiger partial charge is 0.255 e. The molecule has 1 aromatic rings. The highest BCUT2D eigenvalue weighted by Crippen LogP contribution is 2.26. The Hall–Kier alpha value is -0.900.